The molecule has 2 nitrogen and oxygen atoms in total. The Bertz CT molecular complexity index is 503. The minimum atomic E-state index is 0.0861. The van der Waals surface area contributed by atoms with Crippen molar-refractivity contribution in [1.29, 1.82) is 0 Å². The molecular weight excluding hydrogens is 174 g/mol. The lowest BCUT2D eigenvalue weighted by molar-refractivity contribution is 0.101. The second kappa shape index (κ2) is 3.22. The number of ketones is 1. The van der Waals surface area contributed by atoms with Gasteiger partial charge in [-0.05, 0) is 25.5 Å². The van der Waals surface area contributed by atoms with Gasteiger partial charge in [0.15, 0.2) is 5.78 Å². The highest BCUT2D eigenvalue weighted by Crippen LogP contribution is 2.20. The van der Waals surface area contributed by atoms with Crippen molar-refractivity contribution >= 4 is 16.7 Å². The number of benzene rings is 1. The Kier molecular flexibility index (Phi) is 2.04. The molecule has 0 aliphatic carbocycles. The molecule has 2 aromatic rings. The van der Waals surface area contributed by atoms with Crippen molar-refractivity contribution in [2.45, 2.75) is 13.8 Å². The summed E-state index contributed by atoms with van der Waals surface area (Å²) >= 11 is 0. The predicted octanol–water partition coefficient (Wildman–Crippen LogP) is 2.75. The highest BCUT2D eigenvalue weighted by molar-refractivity contribution is 6.06. The van der Waals surface area contributed by atoms with Gasteiger partial charge in [-0.1, -0.05) is 18.2 Å². The van der Waals surface area contributed by atoms with Gasteiger partial charge in [0.2, 0.25) is 0 Å². The van der Waals surface area contributed by atoms with Crippen LogP contribution in [0.1, 0.15) is 22.8 Å². The average Bonchev–Trinajstić information content (AvgIpc) is 2.18. The fourth-order valence-corrected chi connectivity index (χ4v) is 1.62. The Morgan fingerprint density at radius 2 is 2.07 bits per heavy atom. The summed E-state index contributed by atoms with van der Waals surface area (Å²) in [7, 11) is 0. The molecule has 0 unspecified atom stereocenters. The van der Waals surface area contributed by atoms with Crippen LogP contribution >= 0.6 is 0 Å². The number of hydrogen-bond donors (Lipinski definition) is 0. The van der Waals surface area contributed by atoms with Crippen LogP contribution in [-0.4, -0.2) is 10.8 Å². The van der Waals surface area contributed by atoms with E-state index in [1.165, 1.54) is 0 Å². The molecule has 0 N–H and O–H groups in total. The summed E-state index contributed by atoms with van der Waals surface area (Å²) in [5, 5.41) is 0.944. The van der Waals surface area contributed by atoms with Gasteiger partial charge in [-0.15, -0.1) is 0 Å². The number of Topliss-reactive ketones (excluding diaryl/α,β-unsaturated/α-hetero) is 1. The third-order valence-electron chi connectivity index (χ3n) is 2.35. The fraction of sp³-hybridized carbons (Fsp3) is 0.167. The van der Waals surface area contributed by atoms with Crippen LogP contribution in [0.4, 0.5) is 0 Å². The maximum Gasteiger partial charge on any atom is 0.160 e. The van der Waals surface area contributed by atoms with E-state index >= 15 is 0 Å². The normalized spacial score (nSPS) is 10.4. The van der Waals surface area contributed by atoms with E-state index in [-0.39, 0.29) is 5.78 Å². The molecule has 0 fully saturated rings. The largest absolute Gasteiger partial charge is 0.294 e. The average molecular weight is 185 g/mol. The summed E-state index contributed by atoms with van der Waals surface area (Å²) in [6.45, 7) is 3.58. The number of rotatable bonds is 1. The minimum Gasteiger partial charge on any atom is -0.294 e. The molecular formula is C12H11NO. The molecule has 2 rings (SSSR count). The first-order valence-corrected chi connectivity index (χ1v) is 4.55. The van der Waals surface area contributed by atoms with E-state index in [1.54, 1.807) is 13.1 Å². The molecule has 0 saturated carbocycles. The number of aryl methyl sites for hydroxylation is 1. The van der Waals surface area contributed by atoms with Crippen LogP contribution in [0.3, 0.4) is 0 Å². The van der Waals surface area contributed by atoms with E-state index in [2.05, 4.69) is 4.98 Å². The van der Waals surface area contributed by atoms with Gasteiger partial charge in [0.25, 0.3) is 0 Å². The molecule has 0 saturated heterocycles. The number of fused-ring (bicyclic) bond motifs is 1. The highest BCUT2D eigenvalue weighted by atomic mass is 16.1. The van der Waals surface area contributed by atoms with Crippen molar-refractivity contribution in [3.63, 3.8) is 0 Å². The van der Waals surface area contributed by atoms with Gasteiger partial charge >= 0.3 is 0 Å². The van der Waals surface area contributed by atoms with Crippen molar-refractivity contribution in [1.82, 2.24) is 4.98 Å². The summed E-state index contributed by atoms with van der Waals surface area (Å²) in [6.07, 6.45) is 1.75. The monoisotopic (exact) mass is 185 g/mol. The molecule has 0 aliphatic rings. The SMILES string of the molecule is CC(=O)c1ccc(C)c2ncccc12. The van der Waals surface area contributed by atoms with Gasteiger partial charge < -0.3 is 0 Å². The lowest BCUT2D eigenvalue weighted by Gasteiger charge is -2.04. The van der Waals surface area contributed by atoms with Crippen molar-refractivity contribution < 1.29 is 4.79 Å². The van der Waals surface area contributed by atoms with Crippen molar-refractivity contribution in [3.8, 4) is 0 Å². The third-order valence-corrected chi connectivity index (χ3v) is 2.35. The number of aromatic nitrogens is 1. The Labute approximate surface area is 82.6 Å². The van der Waals surface area contributed by atoms with Gasteiger partial charge in [-0.3, -0.25) is 9.78 Å². The first-order valence-electron chi connectivity index (χ1n) is 4.55. The smallest absolute Gasteiger partial charge is 0.160 e. The Balaban J connectivity index is 2.88. The topological polar surface area (TPSA) is 30.0 Å². The van der Waals surface area contributed by atoms with E-state index in [1.807, 2.05) is 31.2 Å². The number of nitrogens with zero attached hydrogens (tertiary/aromatic N) is 1. The molecule has 14 heavy (non-hydrogen) atoms. The molecule has 1 aromatic carbocycles. The summed E-state index contributed by atoms with van der Waals surface area (Å²) in [5.74, 6) is 0.0861. The van der Waals surface area contributed by atoms with Crippen LogP contribution in [0, 0.1) is 6.92 Å². The van der Waals surface area contributed by atoms with Crippen LogP contribution < -0.4 is 0 Å². The van der Waals surface area contributed by atoms with Crippen molar-refractivity contribution in [2.24, 2.45) is 0 Å². The summed E-state index contributed by atoms with van der Waals surface area (Å²) in [6, 6.07) is 7.59. The van der Waals surface area contributed by atoms with Gasteiger partial charge in [-0.2, -0.15) is 0 Å². The van der Waals surface area contributed by atoms with Crippen molar-refractivity contribution in [2.75, 3.05) is 0 Å². The zero-order valence-corrected chi connectivity index (χ0v) is 8.24. The number of pyridine rings is 1. The third kappa shape index (κ3) is 1.29. The number of carbonyl (C=O) groups excluding carboxylic acids is 1. The summed E-state index contributed by atoms with van der Waals surface area (Å²) < 4.78 is 0. The van der Waals surface area contributed by atoms with Crippen molar-refractivity contribution in [3.05, 3.63) is 41.6 Å². The number of carbonyl (C=O) groups is 1. The summed E-state index contributed by atoms with van der Waals surface area (Å²) in [4.78, 5) is 15.6. The molecule has 2 heteroatoms. The lowest BCUT2D eigenvalue weighted by atomic mass is 10.0. The van der Waals surface area contributed by atoms with E-state index in [0.29, 0.717) is 0 Å². The van der Waals surface area contributed by atoms with Gasteiger partial charge in [0.05, 0.1) is 5.52 Å². The van der Waals surface area contributed by atoms with Crippen LogP contribution in [0.15, 0.2) is 30.5 Å². The van der Waals surface area contributed by atoms with Crippen LogP contribution in [0.25, 0.3) is 10.9 Å². The molecule has 0 aliphatic heterocycles. The number of hydrogen-bond acceptors (Lipinski definition) is 2. The van der Waals surface area contributed by atoms with Crippen LogP contribution in [-0.2, 0) is 0 Å². The molecule has 70 valence electrons. The molecule has 1 aromatic heterocycles. The molecule has 0 amide bonds. The van der Waals surface area contributed by atoms with Gasteiger partial charge in [0.1, 0.15) is 0 Å². The highest BCUT2D eigenvalue weighted by Gasteiger charge is 2.06. The fourth-order valence-electron chi connectivity index (χ4n) is 1.62. The standard InChI is InChI=1S/C12H11NO/c1-8-5-6-10(9(2)14)11-4-3-7-13-12(8)11/h3-7H,1-2H3. The van der Waals surface area contributed by atoms with E-state index < -0.39 is 0 Å². The Morgan fingerprint density at radius 3 is 2.79 bits per heavy atom. The zero-order valence-electron chi connectivity index (χ0n) is 8.24. The maximum absolute atomic E-state index is 11.3. The van der Waals surface area contributed by atoms with E-state index in [9.17, 15) is 4.79 Å². The quantitative estimate of drug-likeness (QED) is 0.639. The van der Waals surface area contributed by atoms with Gasteiger partial charge in [-0.25, -0.2) is 0 Å². The lowest BCUT2D eigenvalue weighted by Crippen LogP contribution is -1.95. The first kappa shape index (κ1) is 8.88. The molecule has 0 spiro atoms. The van der Waals surface area contributed by atoms with Crippen LogP contribution in [0.2, 0.25) is 0 Å². The maximum atomic E-state index is 11.3. The molecule has 0 atom stereocenters. The van der Waals surface area contributed by atoms with E-state index in [0.717, 1.165) is 22.0 Å². The summed E-state index contributed by atoms with van der Waals surface area (Å²) in [5.41, 5.74) is 2.77. The molecule has 0 bridgehead atoms. The first-order chi connectivity index (χ1) is 6.70. The van der Waals surface area contributed by atoms with Crippen LogP contribution in [0.5, 0.6) is 0 Å². The molecule has 0 radical (unpaired) electrons. The Hall–Kier alpha value is -1.70. The predicted molar refractivity (Wildman–Crippen MR) is 56.5 cm³/mol. The second-order valence-electron chi connectivity index (χ2n) is 3.39. The minimum absolute atomic E-state index is 0.0861. The zero-order chi connectivity index (χ0) is 10.1. The second-order valence-corrected chi connectivity index (χ2v) is 3.39. The molecule has 1 heterocycles. The van der Waals surface area contributed by atoms with E-state index in [4.69, 9.17) is 0 Å². The van der Waals surface area contributed by atoms with Gasteiger partial charge in [0, 0.05) is 17.1 Å². The Morgan fingerprint density at radius 1 is 1.29 bits per heavy atom.